The maximum absolute atomic E-state index is 13.2. The molecule has 1 fully saturated rings. The number of hydrogen-bond acceptors (Lipinski definition) is 2. The first-order valence-corrected chi connectivity index (χ1v) is 5.55. The molecule has 0 aromatic heterocycles. The summed E-state index contributed by atoms with van der Waals surface area (Å²) in [5, 5.41) is 3.17. The van der Waals surface area contributed by atoms with Crippen LogP contribution in [0.2, 0.25) is 0 Å². The van der Waals surface area contributed by atoms with Gasteiger partial charge in [-0.2, -0.15) is 0 Å². The average Bonchev–Trinajstić information content (AvgIpc) is 2.18. The zero-order chi connectivity index (χ0) is 11.5. The Hall–Kier alpha value is -1.00. The second-order valence-corrected chi connectivity index (χ2v) is 4.46. The third kappa shape index (κ3) is 2.77. The van der Waals surface area contributed by atoms with E-state index in [1.165, 1.54) is 12.1 Å². The summed E-state index contributed by atoms with van der Waals surface area (Å²) in [5.41, 5.74) is 6.17. The predicted octanol–water partition coefficient (Wildman–Crippen LogP) is 1.79. The minimum atomic E-state index is -0.536. The molecular formula is C12H16F2N2. The zero-order valence-corrected chi connectivity index (χ0v) is 9.05. The molecule has 2 nitrogen and oxygen atoms in total. The van der Waals surface area contributed by atoms with Crippen LogP contribution in [0.3, 0.4) is 0 Å². The van der Waals surface area contributed by atoms with Gasteiger partial charge in [0.15, 0.2) is 0 Å². The van der Waals surface area contributed by atoms with Crippen molar-refractivity contribution >= 4 is 0 Å². The van der Waals surface area contributed by atoms with Gasteiger partial charge in [0.25, 0.3) is 0 Å². The minimum absolute atomic E-state index is 0.342. The Morgan fingerprint density at radius 3 is 2.69 bits per heavy atom. The van der Waals surface area contributed by atoms with Crippen LogP contribution in [-0.4, -0.2) is 12.6 Å². The maximum atomic E-state index is 13.2. The molecule has 0 saturated heterocycles. The van der Waals surface area contributed by atoms with Crippen molar-refractivity contribution < 1.29 is 8.78 Å². The lowest BCUT2D eigenvalue weighted by Crippen LogP contribution is -2.41. The molecule has 1 saturated carbocycles. The lowest BCUT2D eigenvalue weighted by molar-refractivity contribution is 0.255. The van der Waals surface area contributed by atoms with E-state index in [0.29, 0.717) is 24.1 Å². The van der Waals surface area contributed by atoms with Gasteiger partial charge < -0.3 is 11.1 Å². The summed E-state index contributed by atoms with van der Waals surface area (Å²) in [6, 6.07) is 4.01. The third-order valence-corrected chi connectivity index (χ3v) is 3.04. The topological polar surface area (TPSA) is 38.0 Å². The van der Waals surface area contributed by atoms with Crippen molar-refractivity contribution in [2.45, 2.75) is 25.4 Å². The summed E-state index contributed by atoms with van der Waals surface area (Å²) < 4.78 is 25.9. The molecule has 2 rings (SSSR count). The fourth-order valence-electron chi connectivity index (χ4n) is 2.03. The number of hydrogen-bond donors (Lipinski definition) is 2. The lowest BCUT2D eigenvalue weighted by Gasteiger charge is -2.32. The molecule has 0 atom stereocenters. The molecule has 16 heavy (non-hydrogen) atoms. The Kier molecular flexibility index (Phi) is 3.51. The molecule has 0 spiro atoms. The first kappa shape index (κ1) is 11.5. The van der Waals surface area contributed by atoms with Gasteiger partial charge in [-0.1, -0.05) is 6.07 Å². The molecule has 0 unspecified atom stereocenters. The second kappa shape index (κ2) is 4.89. The highest BCUT2D eigenvalue weighted by atomic mass is 19.1. The first-order chi connectivity index (χ1) is 7.65. The van der Waals surface area contributed by atoms with Crippen LogP contribution in [0.5, 0.6) is 0 Å². The largest absolute Gasteiger partial charge is 0.328 e. The number of rotatable bonds is 4. The lowest BCUT2D eigenvalue weighted by atomic mass is 9.81. The van der Waals surface area contributed by atoms with Crippen molar-refractivity contribution in [3.8, 4) is 0 Å². The van der Waals surface area contributed by atoms with Crippen molar-refractivity contribution in [3.63, 3.8) is 0 Å². The highest BCUT2D eigenvalue weighted by Gasteiger charge is 2.24. The summed E-state index contributed by atoms with van der Waals surface area (Å²) in [7, 11) is 0. The minimum Gasteiger partial charge on any atom is -0.328 e. The van der Waals surface area contributed by atoms with Crippen LogP contribution in [0.25, 0.3) is 0 Å². The van der Waals surface area contributed by atoms with Gasteiger partial charge in [-0.3, -0.25) is 0 Å². The third-order valence-electron chi connectivity index (χ3n) is 3.04. The van der Waals surface area contributed by atoms with Gasteiger partial charge >= 0.3 is 0 Å². The molecule has 1 aromatic rings. The Morgan fingerprint density at radius 2 is 2.06 bits per heavy atom. The molecular weight excluding hydrogens is 210 g/mol. The molecule has 0 radical (unpaired) electrons. The van der Waals surface area contributed by atoms with Gasteiger partial charge in [0.05, 0.1) is 0 Å². The van der Waals surface area contributed by atoms with E-state index < -0.39 is 11.6 Å². The first-order valence-electron chi connectivity index (χ1n) is 5.55. The smallest absolute Gasteiger partial charge is 0.130 e. The standard InChI is InChI=1S/C12H16F2N2/c13-10-2-1-9(12(14)5-10)7-16-6-8-3-11(15)4-8/h1-2,5,8,11,16H,3-4,6-7,15H2. The summed E-state index contributed by atoms with van der Waals surface area (Å²) in [6.07, 6.45) is 2.08. The molecule has 0 bridgehead atoms. The number of nitrogens with two attached hydrogens (primary N) is 1. The number of halogens is 2. The molecule has 1 aliphatic rings. The van der Waals surface area contributed by atoms with Gasteiger partial charge in [0.1, 0.15) is 11.6 Å². The van der Waals surface area contributed by atoms with Crippen LogP contribution < -0.4 is 11.1 Å². The normalized spacial score (nSPS) is 24.2. The molecule has 0 aliphatic heterocycles. The van der Waals surface area contributed by atoms with E-state index in [9.17, 15) is 8.78 Å². The summed E-state index contributed by atoms with van der Waals surface area (Å²) in [5.74, 6) is -0.414. The number of benzene rings is 1. The van der Waals surface area contributed by atoms with E-state index in [-0.39, 0.29) is 0 Å². The Bertz CT molecular complexity index is 362. The fraction of sp³-hybridized carbons (Fsp3) is 0.500. The van der Waals surface area contributed by atoms with Crippen molar-refractivity contribution in [1.82, 2.24) is 5.32 Å². The van der Waals surface area contributed by atoms with E-state index in [0.717, 1.165) is 25.5 Å². The Labute approximate surface area is 93.8 Å². The van der Waals surface area contributed by atoms with E-state index in [4.69, 9.17) is 5.73 Å². The van der Waals surface area contributed by atoms with E-state index in [2.05, 4.69) is 5.32 Å². The van der Waals surface area contributed by atoms with Crippen molar-refractivity contribution in [1.29, 1.82) is 0 Å². The maximum Gasteiger partial charge on any atom is 0.130 e. The molecule has 1 aromatic carbocycles. The summed E-state index contributed by atoms with van der Waals surface area (Å²) >= 11 is 0. The molecule has 0 heterocycles. The van der Waals surface area contributed by atoms with Crippen molar-refractivity contribution in [2.75, 3.05) is 6.54 Å². The SMILES string of the molecule is NC1CC(CNCc2ccc(F)cc2F)C1. The number of nitrogens with one attached hydrogen (secondary N) is 1. The average molecular weight is 226 g/mol. The summed E-state index contributed by atoms with van der Waals surface area (Å²) in [4.78, 5) is 0. The van der Waals surface area contributed by atoms with E-state index in [1.54, 1.807) is 0 Å². The molecule has 0 amide bonds. The molecule has 88 valence electrons. The van der Waals surface area contributed by atoms with Crippen molar-refractivity contribution in [2.24, 2.45) is 11.7 Å². The van der Waals surface area contributed by atoms with E-state index in [1.807, 2.05) is 0 Å². The van der Waals surface area contributed by atoms with Crippen LogP contribution in [0.4, 0.5) is 8.78 Å². The van der Waals surface area contributed by atoms with Gasteiger partial charge in [-0.15, -0.1) is 0 Å². The van der Waals surface area contributed by atoms with E-state index >= 15 is 0 Å². The zero-order valence-electron chi connectivity index (χ0n) is 9.05. The van der Waals surface area contributed by atoms with Crippen molar-refractivity contribution in [3.05, 3.63) is 35.4 Å². The molecule has 1 aliphatic carbocycles. The fourth-order valence-corrected chi connectivity index (χ4v) is 2.03. The van der Waals surface area contributed by atoms with Gasteiger partial charge in [-0.05, 0) is 31.4 Å². The monoisotopic (exact) mass is 226 g/mol. The van der Waals surface area contributed by atoms with Crippen LogP contribution in [-0.2, 0) is 6.54 Å². The van der Waals surface area contributed by atoms with Gasteiger partial charge in [0.2, 0.25) is 0 Å². The van der Waals surface area contributed by atoms with Gasteiger partial charge in [-0.25, -0.2) is 8.78 Å². The van der Waals surface area contributed by atoms with Crippen LogP contribution >= 0.6 is 0 Å². The van der Waals surface area contributed by atoms with Crippen LogP contribution in [0.1, 0.15) is 18.4 Å². The highest BCUT2D eigenvalue weighted by molar-refractivity contribution is 5.18. The predicted molar refractivity (Wildman–Crippen MR) is 58.8 cm³/mol. The summed E-state index contributed by atoms with van der Waals surface area (Å²) in [6.45, 7) is 1.29. The van der Waals surface area contributed by atoms with Crippen LogP contribution in [0, 0.1) is 17.6 Å². The highest BCUT2D eigenvalue weighted by Crippen LogP contribution is 2.24. The Balaban J connectivity index is 1.76. The second-order valence-electron chi connectivity index (χ2n) is 4.46. The molecule has 4 heteroatoms. The molecule has 3 N–H and O–H groups in total. The van der Waals surface area contributed by atoms with Gasteiger partial charge in [0, 0.05) is 24.2 Å². The van der Waals surface area contributed by atoms with Crippen LogP contribution in [0.15, 0.2) is 18.2 Å². The Morgan fingerprint density at radius 1 is 1.31 bits per heavy atom. The quantitative estimate of drug-likeness (QED) is 0.821.